The normalized spacial score (nSPS) is 18.6. The molecule has 7 heteroatoms. The predicted molar refractivity (Wildman–Crippen MR) is 93.1 cm³/mol. The van der Waals surface area contributed by atoms with Crippen molar-refractivity contribution in [3.8, 4) is 0 Å². The maximum absolute atomic E-state index is 5.68. The van der Waals surface area contributed by atoms with Crippen LogP contribution >= 0.6 is 0 Å². The van der Waals surface area contributed by atoms with Crippen LogP contribution in [0.4, 0.5) is 0 Å². The first kappa shape index (κ1) is 20.2. The van der Waals surface area contributed by atoms with E-state index in [0.717, 1.165) is 78.0 Å². The predicted octanol–water partition coefficient (Wildman–Crippen LogP) is 0.173. The second-order valence-electron chi connectivity index (χ2n) is 5.88. The zero-order chi connectivity index (χ0) is 16.8. The van der Waals surface area contributed by atoms with Crippen molar-refractivity contribution in [1.29, 1.82) is 0 Å². The summed E-state index contributed by atoms with van der Waals surface area (Å²) in [5.74, 6) is 1.43. The highest BCUT2D eigenvalue weighted by Gasteiger charge is 2.15. The monoisotopic (exact) mass is 330 g/mol. The smallest absolute Gasteiger partial charge is 0.191 e. The summed E-state index contributed by atoms with van der Waals surface area (Å²) < 4.78 is 16.1. The molecule has 2 N–H and O–H groups in total. The Morgan fingerprint density at radius 3 is 2.78 bits per heavy atom. The molecule has 0 saturated carbocycles. The Morgan fingerprint density at radius 1 is 1.26 bits per heavy atom. The average Bonchev–Trinajstić information content (AvgIpc) is 3.07. The molecule has 1 atom stereocenters. The zero-order valence-electron chi connectivity index (χ0n) is 15.0. The van der Waals surface area contributed by atoms with E-state index in [1.807, 2.05) is 0 Å². The highest BCUT2D eigenvalue weighted by Crippen LogP contribution is 2.12. The van der Waals surface area contributed by atoms with Crippen molar-refractivity contribution in [1.82, 2.24) is 15.5 Å². The molecule has 0 aromatic carbocycles. The molecule has 1 aliphatic heterocycles. The number of rotatable bonds is 12. The van der Waals surface area contributed by atoms with Crippen molar-refractivity contribution >= 4 is 5.96 Å². The summed E-state index contributed by atoms with van der Waals surface area (Å²) in [5.41, 5.74) is 0. The Morgan fingerprint density at radius 2 is 2.09 bits per heavy atom. The lowest BCUT2D eigenvalue weighted by Gasteiger charge is -2.17. The van der Waals surface area contributed by atoms with Crippen molar-refractivity contribution in [3.05, 3.63) is 0 Å². The first-order chi connectivity index (χ1) is 11.3. The number of guanidine groups is 1. The van der Waals surface area contributed by atoms with Gasteiger partial charge in [0.15, 0.2) is 5.96 Å². The van der Waals surface area contributed by atoms with Crippen LogP contribution in [0.1, 0.15) is 12.8 Å². The molecule has 0 aromatic rings. The van der Waals surface area contributed by atoms with Crippen molar-refractivity contribution in [2.45, 2.75) is 12.8 Å². The van der Waals surface area contributed by atoms with E-state index in [4.69, 9.17) is 14.2 Å². The van der Waals surface area contributed by atoms with E-state index in [1.54, 1.807) is 14.2 Å². The molecule has 1 unspecified atom stereocenters. The van der Waals surface area contributed by atoms with Gasteiger partial charge in [-0.2, -0.15) is 0 Å². The lowest BCUT2D eigenvalue weighted by molar-refractivity contribution is 0.0888. The third-order valence-electron chi connectivity index (χ3n) is 3.82. The fourth-order valence-corrected chi connectivity index (χ4v) is 2.29. The number of hydrogen-bond donors (Lipinski definition) is 2. The Balaban J connectivity index is 1.94. The van der Waals surface area contributed by atoms with Crippen LogP contribution in [-0.2, 0) is 14.2 Å². The van der Waals surface area contributed by atoms with Gasteiger partial charge in [-0.3, -0.25) is 4.99 Å². The van der Waals surface area contributed by atoms with E-state index in [1.165, 1.54) is 0 Å². The molecule has 0 bridgehead atoms. The first-order valence-corrected chi connectivity index (χ1v) is 8.53. The van der Waals surface area contributed by atoms with E-state index in [2.05, 4.69) is 27.6 Å². The van der Waals surface area contributed by atoms with Crippen LogP contribution in [0.15, 0.2) is 4.99 Å². The summed E-state index contributed by atoms with van der Waals surface area (Å²) in [6.07, 6.45) is 2.11. The second-order valence-corrected chi connectivity index (χ2v) is 5.88. The van der Waals surface area contributed by atoms with Crippen LogP contribution < -0.4 is 10.6 Å². The summed E-state index contributed by atoms with van der Waals surface area (Å²) >= 11 is 0. The molecule has 1 aliphatic rings. The van der Waals surface area contributed by atoms with Crippen LogP contribution in [-0.4, -0.2) is 91.3 Å². The largest absolute Gasteiger partial charge is 0.383 e. The minimum absolute atomic E-state index is 0.590. The van der Waals surface area contributed by atoms with E-state index < -0.39 is 0 Å². The minimum Gasteiger partial charge on any atom is -0.383 e. The van der Waals surface area contributed by atoms with Gasteiger partial charge in [-0.1, -0.05) is 0 Å². The SMILES string of the molecule is CN=C(NCCCOCC1CCOC1)NCCN(C)CCOC. The molecular formula is C16H34N4O3. The van der Waals surface area contributed by atoms with Gasteiger partial charge in [0.1, 0.15) is 0 Å². The molecule has 0 amide bonds. The standard InChI is InChI=1S/C16H34N4O3/c1-17-16(19-7-8-20(2)9-12-21-3)18-6-4-10-22-13-15-5-11-23-14-15/h15H,4-14H2,1-3H3,(H2,17,18,19). The Labute approximate surface area is 140 Å². The highest BCUT2D eigenvalue weighted by atomic mass is 16.5. The summed E-state index contributed by atoms with van der Waals surface area (Å²) in [5, 5.41) is 6.62. The van der Waals surface area contributed by atoms with Gasteiger partial charge in [-0.25, -0.2) is 0 Å². The Hall–Kier alpha value is -0.890. The molecule has 1 saturated heterocycles. The number of hydrogen-bond acceptors (Lipinski definition) is 5. The summed E-state index contributed by atoms with van der Waals surface area (Å²) in [7, 11) is 5.60. The van der Waals surface area contributed by atoms with Gasteiger partial charge in [0.2, 0.25) is 0 Å². The van der Waals surface area contributed by atoms with Crippen LogP contribution in [0, 0.1) is 5.92 Å². The van der Waals surface area contributed by atoms with E-state index in [-0.39, 0.29) is 0 Å². The van der Waals surface area contributed by atoms with Crippen molar-refractivity contribution < 1.29 is 14.2 Å². The van der Waals surface area contributed by atoms with Gasteiger partial charge in [-0.05, 0) is 19.9 Å². The number of ether oxygens (including phenoxy) is 3. The Kier molecular flexibility index (Phi) is 11.9. The summed E-state index contributed by atoms with van der Waals surface area (Å²) in [6.45, 7) is 7.71. The van der Waals surface area contributed by atoms with Crippen molar-refractivity contribution in [2.75, 3.05) is 80.4 Å². The molecule has 0 aliphatic carbocycles. The van der Waals surface area contributed by atoms with Crippen molar-refractivity contribution in [2.24, 2.45) is 10.9 Å². The van der Waals surface area contributed by atoms with Gasteiger partial charge in [0, 0.05) is 59.5 Å². The van der Waals surface area contributed by atoms with Gasteiger partial charge in [0.05, 0.1) is 19.8 Å². The van der Waals surface area contributed by atoms with Crippen LogP contribution in [0.25, 0.3) is 0 Å². The fraction of sp³-hybridized carbons (Fsp3) is 0.938. The van der Waals surface area contributed by atoms with Crippen molar-refractivity contribution in [3.63, 3.8) is 0 Å². The van der Waals surface area contributed by atoms with E-state index >= 15 is 0 Å². The van der Waals surface area contributed by atoms with Gasteiger partial charge >= 0.3 is 0 Å². The number of nitrogens with zero attached hydrogens (tertiary/aromatic N) is 2. The highest BCUT2D eigenvalue weighted by molar-refractivity contribution is 5.79. The summed E-state index contributed by atoms with van der Waals surface area (Å²) in [6, 6.07) is 0. The second kappa shape index (κ2) is 13.5. The molecular weight excluding hydrogens is 296 g/mol. The van der Waals surface area contributed by atoms with Gasteiger partial charge < -0.3 is 29.7 Å². The molecule has 136 valence electrons. The molecule has 1 fully saturated rings. The maximum Gasteiger partial charge on any atom is 0.191 e. The quantitative estimate of drug-likeness (QED) is 0.302. The van der Waals surface area contributed by atoms with E-state index in [0.29, 0.717) is 5.92 Å². The molecule has 23 heavy (non-hydrogen) atoms. The minimum atomic E-state index is 0.590. The number of methoxy groups -OCH3 is 1. The molecule has 0 spiro atoms. The Bertz CT molecular complexity index is 310. The number of aliphatic imine (C=N–C) groups is 1. The first-order valence-electron chi connectivity index (χ1n) is 8.53. The number of nitrogens with one attached hydrogen (secondary N) is 2. The zero-order valence-corrected chi connectivity index (χ0v) is 15.0. The third kappa shape index (κ3) is 10.5. The van der Waals surface area contributed by atoms with Crippen LogP contribution in [0.2, 0.25) is 0 Å². The number of likely N-dealkylation sites (N-methyl/N-ethyl adjacent to an activating group) is 1. The summed E-state index contributed by atoms with van der Waals surface area (Å²) in [4.78, 5) is 6.45. The topological polar surface area (TPSA) is 67.4 Å². The molecule has 7 nitrogen and oxygen atoms in total. The van der Waals surface area contributed by atoms with E-state index in [9.17, 15) is 0 Å². The third-order valence-corrected chi connectivity index (χ3v) is 3.82. The van der Waals surface area contributed by atoms with Crippen LogP contribution in [0.5, 0.6) is 0 Å². The maximum atomic E-state index is 5.68. The molecule has 0 aromatic heterocycles. The van der Waals surface area contributed by atoms with Gasteiger partial charge in [-0.15, -0.1) is 0 Å². The molecule has 1 heterocycles. The molecule has 0 radical (unpaired) electrons. The average molecular weight is 330 g/mol. The fourth-order valence-electron chi connectivity index (χ4n) is 2.29. The lowest BCUT2D eigenvalue weighted by atomic mass is 10.1. The lowest BCUT2D eigenvalue weighted by Crippen LogP contribution is -2.41. The van der Waals surface area contributed by atoms with Gasteiger partial charge in [0.25, 0.3) is 0 Å². The molecule has 1 rings (SSSR count). The van der Waals surface area contributed by atoms with Crippen LogP contribution in [0.3, 0.4) is 0 Å².